The summed E-state index contributed by atoms with van der Waals surface area (Å²) in [7, 11) is 0. The Labute approximate surface area is 84.7 Å². The van der Waals surface area contributed by atoms with Crippen molar-refractivity contribution in [2.24, 2.45) is 0 Å². The summed E-state index contributed by atoms with van der Waals surface area (Å²) in [5.41, 5.74) is -0.346. The molecule has 3 heteroatoms. The van der Waals surface area contributed by atoms with Gasteiger partial charge in [0.15, 0.2) is 0 Å². The second-order valence-electron chi connectivity index (χ2n) is 3.18. The lowest BCUT2D eigenvalue weighted by atomic mass is 9.99. The van der Waals surface area contributed by atoms with Crippen LogP contribution in [0.3, 0.4) is 0 Å². The highest BCUT2D eigenvalue weighted by Crippen LogP contribution is 2.25. The normalized spacial score (nSPS) is 11.8. The van der Waals surface area contributed by atoms with Gasteiger partial charge in [-0.2, -0.15) is 0 Å². The largest absolute Gasteiger partial charge is 0.386 e. The van der Waals surface area contributed by atoms with E-state index in [4.69, 9.17) is 0 Å². The molecule has 0 amide bonds. The zero-order valence-electron chi connectivity index (χ0n) is 6.94. The summed E-state index contributed by atoms with van der Waals surface area (Å²) in [5, 5.41) is 9.62. The molecule has 1 aromatic rings. The summed E-state index contributed by atoms with van der Waals surface area (Å²) < 4.78 is 13.6. The fourth-order valence-corrected chi connectivity index (χ4v) is 1.96. The van der Waals surface area contributed by atoms with Gasteiger partial charge in [-0.1, -0.05) is 0 Å². The van der Waals surface area contributed by atoms with Gasteiger partial charge in [-0.15, -0.1) is 0 Å². The molecule has 0 spiro atoms. The third-order valence-corrected chi connectivity index (χ3v) is 2.53. The van der Waals surface area contributed by atoms with Crippen LogP contribution in [0.1, 0.15) is 19.4 Å². The minimum absolute atomic E-state index is 0.312. The molecule has 66 valence electrons. The van der Waals surface area contributed by atoms with Crippen LogP contribution in [0.2, 0.25) is 0 Å². The lowest BCUT2D eigenvalue weighted by Crippen LogP contribution is -2.17. The van der Waals surface area contributed by atoms with Crippen LogP contribution in [0.4, 0.5) is 4.39 Å². The van der Waals surface area contributed by atoms with E-state index in [-0.39, 0.29) is 5.82 Å². The molecule has 0 unspecified atom stereocenters. The Morgan fingerprint density at radius 2 is 2.00 bits per heavy atom. The monoisotopic (exact) mass is 280 g/mol. The van der Waals surface area contributed by atoms with Gasteiger partial charge in [-0.3, -0.25) is 0 Å². The molecule has 12 heavy (non-hydrogen) atoms. The maximum absolute atomic E-state index is 12.8. The van der Waals surface area contributed by atoms with Crippen molar-refractivity contribution in [3.05, 3.63) is 33.1 Å². The average molecular weight is 280 g/mol. The first-order chi connectivity index (χ1) is 5.41. The van der Waals surface area contributed by atoms with Gasteiger partial charge in [-0.25, -0.2) is 4.39 Å². The zero-order chi connectivity index (χ0) is 9.35. The van der Waals surface area contributed by atoms with Crippen molar-refractivity contribution in [2.45, 2.75) is 19.4 Å². The second-order valence-corrected chi connectivity index (χ2v) is 4.35. The smallest absolute Gasteiger partial charge is 0.123 e. The Kier molecular flexibility index (Phi) is 2.73. The number of benzene rings is 1. The van der Waals surface area contributed by atoms with Crippen molar-refractivity contribution in [3.63, 3.8) is 0 Å². The Hall–Kier alpha value is -0.160. The summed E-state index contributed by atoms with van der Waals surface area (Å²) in [5.74, 6) is -0.312. The average Bonchev–Trinajstić information content (AvgIpc) is 1.92. The number of halogens is 2. The molecule has 0 radical (unpaired) electrons. The highest BCUT2D eigenvalue weighted by molar-refractivity contribution is 14.1. The Morgan fingerprint density at radius 1 is 1.42 bits per heavy atom. The summed E-state index contributed by atoms with van der Waals surface area (Å²) in [6.07, 6.45) is 0. The molecule has 0 heterocycles. The zero-order valence-corrected chi connectivity index (χ0v) is 9.09. The standard InChI is InChI=1S/C9H10FIO/c1-9(2,12)7-5-6(10)3-4-8(7)11/h3-5,12H,1-2H3. The predicted molar refractivity (Wildman–Crippen MR) is 54.4 cm³/mol. The molecule has 0 atom stereocenters. The van der Waals surface area contributed by atoms with Gasteiger partial charge in [0.1, 0.15) is 5.82 Å². The molecule has 1 nitrogen and oxygen atoms in total. The van der Waals surface area contributed by atoms with Gasteiger partial charge in [0, 0.05) is 3.57 Å². The molecular weight excluding hydrogens is 270 g/mol. The maximum atomic E-state index is 12.8. The van der Waals surface area contributed by atoms with Crippen LogP contribution in [0.15, 0.2) is 18.2 Å². The molecule has 0 bridgehead atoms. The van der Waals surface area contributed by atoms with Gasteiger partial charge in [0.05, 0.1) is 5.60 Å². The van der Waals surface area contributed by atoms with Crippen LogP contribution in [-0.2, 0) is 5.60 Å². The first-order valence-corrected chi connectivity index (χ1v) is 4.67. The molecule has 0 aliphatic carbocycles. The Balaban J connectivity index is 3.23. The number of aliphatic hydroxyl groups is 1. The van der Waals surface area contributed by atoms with Gasteiger partial charge in [0.2, 0.25) is 0 Å². The van der Waals surface area contributed by atoms with E-state index in [1.165, 1.54) is 12.1 Å². The topological polar surface area (TPSA) is 20.2 Å². The van der Waals surface area contributed by atoms with E-state index < -0.39 is 5.60 Å². The molecule has 1 rings (SSSR count). The molecule has 0 saturated carbocycles. The number of rotatable bonds is 1. The lowest BCUT2D eigenvalue weighted by molar-refractivity contribution is 0.0773. The van der Waals surface area contributed by atoms with Crippen LogP contribution in [0, 0.1) is 9.39 Å². The van der Waals surface area contributed by atoms with E-state index in [1.807, 2.05) is 0 Å². The first kappa shape index (κ1) is 9.92. The Bertz CT molecular complexity index is 291. The fourth-order valence-electron chi connectivity index (χ4n) is 0.966. The third-order valence-electron chi connectivity index (χ3n) is 1.59. The molecule has 0 aromatic heterocycles. The molecule has 0 aliphatic heterocycles. The predicted octanol–water partition coefficient (Wildman–Crippen LogP) is 2.66. The maximum Gasteiger partial charge on any atom is 0.123 e. The number of hydrogen-bond acceptors (Lipinski definition) is 1. The number of hydrogen-bond donors (Lipinski definition) is 1. The van der Waals surface area contributed by atoms with Crippen LogP contribution >= 0.6 is 22.6 Å². The summed E-state index contributed by atoms with van der Waals surface area (Å²) >= 11 is 2.08. The molecular formula is C9H10FIO. The molecule has 0 saturated heterocycles. The third kappa shape index (κ3) is 2.17. The SMILES string of the molecule is CC(C)(O)c1cc(F)ccc1I. The lowest BCUT2D eigenvalue weighted by Gasteiger charge is -2.19. The van der Waals surface area contributed by atoms with Crippen molar-refractivity contribution in [1.82, 2.24) is 0 Å². The van der Waals surface area contributed by atoms with Gasteiger partial charge < -0.3 is 5.11 Å². The highest BCUT2D eigenvalue weighted by Gasteiger charge is 2.19. The van der Waals surface area contributed by atoms with E-state index in [0.717, 1.165) is 3.57 Å². The van der Waals surface area contributed by atoms with Crippen molar-refractivity contribution < 1.29 is 9.50 Å². The van der Waals surface area contributed by atoms with Crippen molar-refractivity contribution >= 4 is 22.6 Å². The van der Waals surface area contributed by atoms with Crippen molar-refractivity contribution in [2.75, 3.05) is 0 Å². The van der Waals surface area contributed by atoms with Crippen LogP contribution in [0.25, 0.3) is 0 Å². The quantitative estimate of drug-likeness (QED) is 0.784. The van der Waals surface area contributed by atoms with E-state index in [0.29, 0.717) is 5.56 Å². The fraction of sp³-hybridized carbons (Fsp3) is 0.333. The van der Waals surface area contributed by atoms with Gasteiger partial charge >= 0.3 is 0 Å². The molecule has 1 aromatic carbocycles. The van der Waals surface area contributed by atoms with E-state index in [9.17, 15) is 9.50 Å². The van der Waals surface area contributed by atoms with Gasteiger partial charge in [-0.05, 0) is 60.2 Å². The first-order valence-electron chi connectivity index (χ1n) is 3.59. The Morgan fingerprint density at radius 3 is 2.42 bits per heavy atom. The minimum atomic E-state index is -0.974. The molecule has 0 aliphatic rings. The van der Waals surface area contributed by atoms with Crippen LogP contribution < -0.4 is 0 Å². The van der Waals surface area contributed by atoms with E-state index in [1.54, 1.807) is 19.9 Å². The van der Waals surface area contributed by atoms with Crippen molar-refractivity contribution in [1.29, 1.82) is 0 Å². The summed E-state index contributed by atoms with van der Waals surface area (Å²) in [6, 6.07) is 4.40. The van der Waals surface area contributed by atoms with E-state index >= 15 is 0 Å². The summed E-state index contributed by atoms with van der Waals surface area (Å²) in [4.78, 5) is 0. The summed E-state index contributed by atoms with van der Waals surface area (Å²) in [6.45, 7) is 3.29. The molecule has 1 N–H and O–H groups in total. The second kappa shape index (κ2) is 3.30. The van der Waals surface area contributed by atoms with Crippen molar-refractivity contribution in [3.8, 4) is 0 Å². The van der Waals surface area contributed by atoms with Gasteiger partial charge in [0.25, 0.3) is 0 Å². The molecule has 0 fully saturated rings. The van der Waals surface area contributed by atoms with Crippen LogP contribution in [0.5, 0.6) is 0 Å². The van der Waals surface area contributed by atoms with Crippen LogP contribution in [-0.4, -0.2) is 5.11 Å². The minimum Gasteiger partial charge on any atom is -0.386 e. The highest BCUT2D eigenvalue weighted by atomic mass is 127. The van der Waals surface area contributed by atoms with E-state index in [2.05, 4.69) is 22.6 Å².